The van der Waals surface area contributed by atoms with Gasteiger partial charge < -0.3 is 10.4 Å². The fraction of sp³-hybridized carbons (Fsp3) is 0.562. The summed E-state index contributed by atoms with van der Waals surface area (Å²) in [6.07, 6.45) is 2.77. The molecule has 2 N–H and O–H groups in total. The Kier molecular flexibility index (Phi) is 4.59. The molecule has 1 fully saturated rings. The van der Waals surface area contributed by atoms with Gasteiger partial charge in [0.15, 0.2) is 0 Å². The number of carboxylic acid groups (broad SMARTS) is 1. The molecule has 3 heteroatoms. The van der Waals surface area contributed by atoms with Crippen molar-refractivity contribution < 1.29 is 9.90 Å². The van der Waals surface area contributed by atoms with Gasteiger partial charge in [-0.1, -0.05) is 44.2 Å². The average molecular weight is 261 g/mol. The van der Waals surface area contributed by atoms with E-state index in [0.717, 1.165) is 24.3 Å². The first kappa shape index (κ1) is 14.1. The topological polar surface area (TPSA) is 49.3 Å². The lowest BCUT2D eigenvalue weighted by Gasteiger charge is -2.40. The summed E-state index contributed by atoms with van der Waals surface area (Å²) in [5.74, 6) is 0.705. The number of hydrogen-bond donors (Lipinski definition) is 2. The lowest BCUT2D eigenvalue weighted by molar-refractivity contribution is -0.140. The zero-order valence-electron chi connectivity index (χ0n) is 11.7. The first-order valence-electron chi connectivity index (χ1n) is 7.09. The minimum absolute atomic E-state index is 0.372. The molecule has 0 aromatic heterocycles. The summed E-state index contributed by atoms with van der Waals surface area (Å²) >= 11 is 0. The van der Waals surface area contributed by atoms with E-state index in [9.17, 15) is 9.90 Å². The maximum atomic E-state index is 11.3. The molecule has 1 aromatic carbocycles. The summed E-state index contributed by atoms with van der Waals surface area (Å²) in [5, 5.41) is 12.6. The molecule has 0 amide bonds. The van der Waals surface area contributed by atoms with Gasteiger partial charge in [-0.05, 0) is 36.7 Å². The number of nitrogens with one attached hydrogen (secondary N) is 1. The second-order valence-corrected chi connectivity index (χ2v) is 5.92. The number of benzene rings is 1. The van der Waals surface area contributed by atoms with Crippen molar-refractivity contribution in [3.05, 3.63) is 35.9 Å². The Balaban J connectivity index is 1.86. The Bertz CT molecular complexity index is 410. The van der Waals surface area contributed by atoms with Gasteiger partial charge in [-0.15, -0.1) is 0 Å². The highest BCUT2D eigenvalue weighted by Gasteiger charge is 2.33. The van der Waals surface area contributed by atoms with Gasteiger partial charge >= 0.3 is 5.97 Å². The fourth-order valence-corrected chi connectivity index (χ4v) is 2.69. The second kappa shape index (κ2) is 6.20. The summed E-state index contributed by atoms with van der Waals surface area (Å²) < 4.78 is 0. The quantitative estimate of drug-likeness (QED) is 0.827. The van der Waals surface area contributed by atoms with Crippen LogP contribution in [0.25, 0.3) is 0 Å². The van der Waals surface area contributed by atoms with Crippen LogP contribution in [0.1, 0.15) is 32.3 Å². The molecule has 0 radical (unpaired) electrons. The Labute approximate surface area is 115 Å². The van der Waals surface area contributed by atoms with Crippen LogP contribution < -0.4 is 5.32 Å². The van der Waals surface area contributed by atoms with Crippen molar-refractivity contribution in [3.8, 4) is 0 Å². The molecule has 19 heavy (non-hydrogen) atoms. The fourth-order valence-electron chi connectivity index (χ4n) is 2.69. The number of hydrogen-bond acceptors (Lipinski definition) is 2. The highest BCUT2D eigenvalue weighted by atomic mass is 16.4. The smallest absolute Gasteiger partial charge is 0.321 e. The molecule has 0 unspecified atom stereocenters. The molecule has 3 nitrogen and oxygen atoms in total. The van der Waals surface area contributed by atoms with E-state index >= 15 is 0 Å². The molecule has 0 heterocycles. The van der Waals surface area contributed by atoms with E-state index in [-0.39, 0.29) is 0 Å². The van der Waals surface area contributed by atoms with E-state index in [1.807, 2.05) is 30.3 Å². The van der Waals surface area contributed by atoms with Crippen LogP contribution in [0.2, 0.25) is 0 Å². The lowest BCUT2D eigenvalue weighted by Crippen LogP contribution is -2.51. The van der Waals surface area contributed by atoms with E-state index in [2.05, 4.69) is 19.2 Å². The van der Waals surface area contributed by atoms with Crippen LogP contribution in [0.3, 0.4) is 0 Å². The highest BCUT2D eigenvalue weighted by molar-refractivity contribution is 5.74. The normalized spacial score (nSPS) is 23.9. The summed E-state index contributed by atoms with van der Waals surface area (Å²) in [5.41, 5.74) is 1.07. The van der Waals surface area contributed by atoms with Crippen LogP contribution in [0.15, 0.2) is 30.3 Å². The van der Waals surface area contributed by atoms with Gasteiger partial charge in [-0.25, -0.2) is 0 Å². The van der Waals surface area contributed by atoms with Crippen LogP contribution in [-0.2, 0) is 11.2 Å². The number of rotatable bonds is 6. The van der Waals surface area contributed by atoms with E-state index < -0.39 is 12.0 Å². The summed E-state index contributed by atoms with van der Waals surface area (Å²) in [4.78, 5) is 11.3. The van der Waals surface area contributed by atoms with Crippen LogP contribution >= 0.6 is 0 Å². The van der Waals surface area contributed by atoms with Crippen molar-refractivity contribution in [1.29, 1.82) is 0 Å². The maximum Gasteiger partial charge on any atom is 0.321 e. The van der Waals surface area contributed by atoms with E-state index in [1.54, 1.807) is 0 Å². The SMILES string of the molecule is CC(C)C1CC(N[C@@H](Cc2ccccc2)C(=O)O)C1. The maximum absolute atomic E-state index is 11.3. The first-order chi connectivity index (χ1) is 9.06. The predicted molar refractivity (Wildman–Crippen MR) is 76.1 cm³/mol. The minimum atomic E-state index is -0.753. The number of aliphatic carboxylic acids is 1. The van der Waals surface area contributed by atoms with Crippen molar-refractivity contribution in [1.82, 2.24) is 5.32 Å². The van der Waals surface area contributed by atoms with Gasteiger partial charge in [0.25, 0.3) is 0 Å². The zero-order chi connectivity index (χ0) is 13.8. The van der Waals surface area contributed by atoms with E-state index in [0.29, 0.717) is 18.4 Å². The second-order valence-electron chi connectivity index (χ2n) is 5.92. The van der Waals surface area contributed by atoms with Gasteiger partial charge in [-0.2, -0.15) is 0 Å². The van der Waals surface area contributed by atoms with Crippen molar-refractivity contribution in [2.75, 3.05) is 0 Å². The van der Waals surface area contributed by atoms with Gasteiger partial charge in [0, 0.05) is 6.04 Å². The molecule has 0 saturated heterocycles. The molecule has 1 aliphatic rings. The van der Waals surface area contributed by atoms with Crippen molar-refractivity contribution in [3.63, 3.8) is 0 Å². The first-order valence-corrected chi connectivity index (χ1v) is 7.09. The monoisotopic (exact) mass is 261 g/mol. The third-order valence-corrected chi connectivity index (χ3v) is 4.13. The van der Waals surface area contributed by atoms with Crippen molar-refractivity contribution in [2.24, 2.45) is 11.8 Å². The molecule has 1 saturated carbocycles. The molecular formula is C16H23NO2. The minimum Gasteiger partial charge on any atom is -0.480 e. The summed E-state index contributed by atoms with van der Waals surface area (Å²) in [6, 6.07) is 9.72. The van der Waals surface area contributed by atoms with Gasteiger partial charge in [-0.3, -0.25) is 4.79 Å². The summed E-state index contributed by atoms with van der Waals surface area (Å²) in [7, 11) is 0. The zero-order valence-corrected chi connectivity index (χ0v) is 11.7. The van der Waals surface area contributed by atoms with Crippen molar-refractivity contribution >= 4 is 5.97 Å². The molecule has 1 atom stereocenters. The average Bonchev–Trinajstić information content (AvgIpc) is 2.32. The Morgan fingerprint density at radius 2 is 1.95 bits per heavy atom. The Morgan fingerprint density at radius 3 is 2.47 bits per heavy atom. The third kappa shape index (κ3) is 3.80. The molecule has 0 aliphatic heterocycles. The van der Waals surface area contributed by atoms with Crippen molar-refractivity contribution in [2.45, 2.75) is 45.2 Å². The van der Waals surface area contributed by atoms with Crippen LogP contribution in [0.4, 0.5) is 0 Å². The molecule has 1 aliphatic carbocycles. The molecule has 2 rings (SSSR count). The molecular weight excluding hydrogens is 238 g/mol. The highest BCUT2D eigenvalue weighted by Crippen LogP contribution is 2.33. The van der Waals surface area contributed by atoms with Crippen LogP contribution in [0, 0.1) is 11.8 Å². The van der Waals surface area contributed by atoms with Gasteiger partial charge in [0.1, 0.15) is 6.04 Å². The number of carboxylic acids is 1. The van der Waals surface area contributed by atoms with E-state index in [4.69, 9.17) is 0 Å². The number of carbonyl (C=O) groups is 1. The Hall–Kier alpha value is -1.35. The van der Waals surface area contributed by atoms with Gasteiger partial charge in [0.05, 0.1) is 0 Å². The van der Waals surface area contributed by atoms with Crippen LogP contribution in [0.5, 0.6) is 0 Å². The lowest BCUT2D eigenvalue weighted by atomic mass is 9.73. The summed E-state index contributed by atoms with van der Waals surface area (Å²) in [6.45, 7) is 4.47. The molecule has 0 bridgehead atoms. The predicted octanol–water partition coefficient (Wildman–Crippen LogP) is 2.71. The largest absolute Gasteiger partial charge is 0.480 e. The standard InChI is InChI=1S/C16H23NO2/c1-11(2)13-9-14(10-13)17-15(16(18)19)8-12-6-4-3-5-7-12/h3-7,11,13-15,17H,8-10H2,1-2H3,(H,18,19)/t13?,14?,15-/m0/s1. The Morgan fingerprint density at radius 1 is 1.32 bits per heavy atom. The molecule has 104 valence electrons. The molecule has 0 spiro atoms. The third-order valence-electron chi connectivity index (χ3n) is 4.13. The van der Waals surface area contributed by atoms with E-state index in [1.165, 1.54) is 0 Å². The van der Waals surface area contributed by atoms with Gasteiger partial charge in [0.2, 0.25) is 0 Å². The van der Waals surface area contributed by atoms with Crippen LogP contribution in [-0.4, -0.2) is 23.2 Å². The molecule has 1 aromatic rings.